The standard InChI is InChI=1S/C27H35IP2/c1-25(2,3)30(26(4,5)6)24-20-14-19-23(24)27(7,28)29(21-15-10-8-11-16-21)22-17-12-9-13-18-22/h8-20,24H,1-7H3. The lowest BCUT2D eigenvalue weighted by Crippen LogP contribution is -2.37. The molecule has 1 aliphatic carbocycles. The highest BCUT2D eigenvalue weighted by atomic mass is 127. The van der Waals surface area contributed by atoms with E-state index in [0.29, 0.717) is 16.0 Å². The third kappa shape index (κ3) is 5.11. The van der Waals surface area contributed by atoms with E-state index >= 15 is 0 Å². The van der Waals surface area contributed by atoms with E-state index in [1.165, 1.54) is 10.6 Å². The molecular formula is C27H35IP2. The van der Waals surface area contributed by atoms with Gasteiger partial charge in [-0.2, -0.15) is 0 Å². The van der Waals surface area contributed by atoms with Gasteiger partial charge in [0.2, 0.25) is 0 Å². The average molecular weight is 548 g/mol. The van der Waals surface area contributed by atoms with Crippen LogP contribution in [0.15, 0.2) is 84.5 Å². The first-order valence-electron chi connectivity index (χ1n) is 10.7. The molecule has 160 valence electrons. The third-order valence-corrected chi connectivity index (χ3v) is 14.3. The molecule has 0 bridgehead atoms. The van der Waals surface area contributed by atoms with Crippen LogP contribution in [0.2, 0.25) is 0 Å². The van der Waals surface area contributed by atoms with Crippen molar-refractivity contribution in [2.75, 3.05) is 0 Å². The Morgan fingerprint density at radius 1 is 0.700 bits per heavy atom. The van der Waals surface area contributed by atoms with Crippen molar-refractivity contribution in [1.29, 1.82) is 0 Å². The van der Waals surface area contributed by atoms with Gasteiger partial charge in [0.25, 0.3) is 0 Å². The van der Waals surface area contributed by atoms with E-state index in [4.69, 9.17) is 0 Å². The van der Waals surface area contributed by atoms with Gasteiger partial charge in [0.1, 0.15) is 0 Å². The first kappa shape index (κ1) is 24.2. The summed E-state index contributed by atoms with van der Waals surface area (Å²) in [6.45, 7) is 17.1. The Kier molecular flexibility index (Phi) is 7.38. The summed E-state index contributed by atoms with van der Waals surface area (Å²) in [7, 11) is -0.799. The molecule has 1 aliphatic rings. The van der Waals surface area contributed by atoms with Gasteiger partial charge in [0.15, 0.2) is 0 Å². The van der Waals surface area contributed by atoms with Gasteiger partial charge in [-0.1, -0.05) is 151 Å². The Morgan fingerprint density at radius 2 is 1.13 bits per heavy atom. The van der Waals surface area contributed by atoms with Crippen LogP contribution in [0.1, 0.15) is 48.5 Å². The Hall–Kier alpha value is -0.490. The summed E-state index contributed by atoms with van der Waals surface area (Å²) in [6, 6.07) is 22.3. The van der Waals surface area contributed by atoms with Crippen LogP contribution >= 0.6 is 38.4 Å². The minimum atomic E-state index is -0.540. The molecule has 30 heavy (non-hydrogen) atoms. The Balaban J connectivity index is 2.11. The minimum Gasteiger partial charge on any atom is -0.0842 e. The summed E-state index contributed by atoms with van der Waals surface area (Å²) in [4.78, 5) is 0. The van der Waals surface area contributed by atoms with Gasteiger partial charge in [-0.25, -0.2) is 0 Å². The SMILES string of the molecule is CC(C)(C)P(C1C=CC=C1C(C)(I)P(c1ccccc1)c1ccccc1)C(C)(C)C. The number of hydrogen-bond donors (Lipinski definition) is 0. The summed E-state index contributed by atoms with van der Waals surface area (Å²) in [5, 5.41) is 3.50. The van der Waals surface area contributed by atoms with Crippen LogP contribution in [-0.4, -0.2) is 19.1 Å². The van der Waals surface area contributed by atoms with E-state index < -0.39 is 7.92 Å². The molecule has 0 saturated heterocycles. The second kappa shape index (κ2) is 9.17. The molecule has 0 heterocycles. The first-order valence-corrected chi connectivity index (χ1v) is 14.5. The summed E-state index contributed by atoms with van der Waals surface area (Å²) < 4.78 is 0.0427. The fourth-order valence-corrected chi connectivity index (χ4v) is 14.7. The predicted octanol–water partition coefficient (Wildman–Crippen LogP) is 8.21. The van der Waals surface area contributed by atoms with Crippen LogP contribution in [0.3, 0.4) is 0 Å². The Bertz CT molecular complexity index is 846. The molecule has 0 N–H and O–H groups in total. The molecule has 0 nitrogen and oxygen atoms in total. The smallest absolute Gasteiger partial charge is 0.0692 e. The highest BCUT2D eigenvalue weighted by Crippen LogP contribution is 2.69. The number of halogens is 1. The van der Waals surface area contributed by atoms with Gasteiger partial charge in [-0.15, -0.1) is 0 Å². The van der Waals surface area contributed by atoms with Crippen molar-refractivity contribution in [3.8, 4) is 0 Å². The zero-order valence-corrected chi connectivity index (χ0v) is 23.3. The molecule has 2 atom stereocenters. The van der Waals surface area contributed by atoms with Crippen LogP contribution in [0.5, 0.6) is 0 Å². The summed E-state index contributed by atoms with van der Waals surface area (Å²) in [5.74, 6) is 0. The average Bonchev–Trinajstić information content (AvgIpc) is 3.10. The molecule has 2 aromatic rings. The highest BCUT2D eigenvalue weighted by molar-refractivity contribution is 14.1. The lowest BCUT2D eigenvalue weighted by Gasteiger charge is -2.48. The molecule has 0 amide bonds. The molecular weight excluding hydrogens is 513 g/mol. The lowest BCUT2D eigenvalue weighted by atomic mass is 10.1. The van der Waals surface area contributed by atoms with Crippen molar-refractivity contribution in [1.82, 2.24) is 0 Å². The number of benzene rings is 2. The van der Waals surface area contributed by atoms with Crippen molar-refractivity contribution >= 4 is 49.0 Å². The minimum absolute atomic E-state index is 0.0427. The van der Waals surface area contributed by atoms with E-state index in [0.717, 1.165) is 0 Å². The van der Waals surface area contributed by atoms with Gasteiger partial charge < -0.3 is 0 Å². The van der Waals surface area contributed by atoms with Crippen molar-refractivity contribution in [2.45, 2.75) is 67.6 Å². The topological polar surface area (TPSA) is 0 Å². The van der Waals surface area contributed by atoms with Crippen LogP contribution in [0.4, 0.5) is 0 Å². The van der Waals surface area contributed by atoms with Gasteiger partial charge in [-0.05, 0) is 41.3 Å². The van der Waals surface area contributed by atoms with Crippen LogP contribution < -0.4 is 10.6 Å². The molecule has 3 heteroatoms. The van der Waals surface area contributed by atoms with Gasteiger partial charge in [0.05, 0.1) is 3.16 Å². The molecule has 3 rings (SSSR count). The maximum absolute atomic E-state index is 2.78. The molecule has 2 aromatic carbocycles. The summed E-state index contributed by atoms with van der Waals surface area (Å²) >= 11 is 2.78. The van der Waals surface area contributed by atoms with E-state index in [9.17, 15) is 0 Å². The molecule has 2 unspecified atom stereocenters. The second-order valence-electron chi connectivity index (χ2n) is 10.1. The van der Waals surface area contributed by atoms with E-state index in [2.05, 4.69) is 150 Å². The Morgan fingerprint density at radius 3 is 1.53 bits per heavy atom. The van der Waals surface area contributed by atoms with E-state index in [1.54, 1.807) is 5.57 Å². The molecule has 0 aromatic heterocycles. The first-order chi connectivity index (χ1) is 13.9. The summed E-state index contributed by atoms with van der Waals surface area (Å²) in [6.07, 6.45) is 7.26. The fraction of sp³-hybridized carbons (Fsp3) is 0.407. The quantitative estimate of drug-likeness (QED) is 0.201. The molecule has 0 fully saturated rings. The maximum Gasteiger partial charge on any atom is 0.0692 e. The van der Waals surface area contributed by atoms with Crippen molar-refractivity contribution in [3.63, 3.8) is 0 Å². The third-order valence-electron chi connectivity index (χ3n) is 5.59. The zero-order valence-electron chi connectivity index (χ0n) is 19.4. The fourth-order valence-electron chi connectivity index (χ4n) is 4.87. The normalized spacial score (nSPS) is 19.3. The zero-order chi connectivity index (χ0) is 22.2. The molecule has 0 spiro atoms. The van der Waals surface area contributed by atoms with Crippen molar-refractivity contribution in [3.05, 3.63) is 84.5 Å². The number of allylic oxidation sites excluding steroid dienone is 4. The largest absolute Gasteiger partial charge is 0.0842 e. The van der Waals surface area contributed by atoms with Crippen LogP contribution in [-0.2, 0) is 0 Å². The number of hydrogen-bond acceptors (Lipinski definition) is 0. The van der Waals surface area contributed by atoms with Crippen LogP contribution in [0.25, 0.3) is 0 Å². The molecule has 0 saturated carbocycles. The molecule has 0 radical (unpaired) electrons. The Labute approximate surface area is 200 Å². The lowest BCUT2D eigenvalue weighted by molar-refractivity contribution is 0.698. The van der Waals surface area contributed by atoms with Crippen molar-refractivity contribution in [2.24, 2.45) is 0 Å². The number of rotatable bonds is 5. The van der Waals surface area contributed by atoms with Gasteiger partial charge >= 0.3 is 0 Å². The molecule has 0 aliphatic heterocycles. The summed E-state index contributed by atoms with van der Waals surface area (Å²) in [5.41, 5.74) is 2.14. The van der Waals surface area contributed by atoms with Gasteiger partial charge in [-0.3, -0.25) is 0 Å². The monoisotopic (exact) mass is 548 g/mol. The predicted molar refractivity (Wildman–Crippen MR) is 149 cm³/mol. The van der Waals surface area contributed by atoms with Gasteiger partial charge in [0, 0.05) is 5.66 Å². The van der Waals surface area contributed by atoms with Crippen molar-refractivity contribution < 1.29 is 0 Å². The highest BCUT2D eigenvalue weighted by Gasteiger charge is 2.47. The number of alkyl halides is 1. The van der Waals surface area contributed by atoms with Crippen LogP contribution in [0, 0.1) is 0 Å². The van der Waals surface area contributed by atoms with E-state index in [1.807, 2.05) is 0 Å². The second-order valence-corrected chi connectivity index (χ2v) is 19.7. The van der Waals surface area contributed by atoms with E-state index in [-0.39, 0.29) is 11.1 Å². The maximum atomic E-state index is 2.78.